The number of rotatable bonds is 7. The van der Waals surface area contributed by atoms with E-state index in [1.165, 1.54) is 31.4 Å². The Kier molecular flexibility index (Phi) is 4.54. The van der Waals surface area contributed by atoms with Crippen LogP contribution in [0.25, 0.3) is 0 Å². The Labute approximate surface area is 122 Å². The molecule has 0 spiro atoms. The number of hydrogen-bond donors (Lipinski definition) is 1. The van der Waals surface area contributed by atoms with Gasteiger partial charge in [-0.15, -0.1) is 0 Å². The van der Waals surface area contributed by atoms with Crippen LogP contribution in [0.4, 0.5) is 0 Å². The fourth-order valence-corrected chi connectivity index (χ4v) is 3.56. The Hall–Kier alpha value is -1.12. The molecule has 3 unspecified atom stereocenters. The van der Waals surface area contributed by atoms with Gasteiger partial charge in [-0.05, 0) is 56.8 Å². The van der Waals surface area contributed by atoms with Gasteiger partial charge in [-0.25, -0.2) is 0 Å². The second kappa shape index (κ2) is 6.55. The first-order valence-electron chi connectivity index (χ1n) is 7.95. The maximum absolute atomic E-state index is 3.73. The Balaban J connectivity index is 1.29. The minimum absolute atomic E-state index is 0.762. The van der Waals surface area contributed by atoms with Crippen LogP contribution in [-0.4, -0.2) is 31.1 Å². The smallest absolute Gasteiger partial charge is 0.0230 e. The summed E-state index contributed by atoms with van der Waals surface area (Å²) in [6.07, 6.45) is 8.74. The molecule has 0 heterocycles. The van der Waals surface area contributed by atoms with E-state index in [1.54, 1.807) is 0 Å². The van der Waals surface area contributed by atoms with Crippen LogP contribution in [0.5, 0.6) is 0 Å². The highest BCUT2D eigenvalue weighted by atomic mass is 15.1. The van der Waals surface area contributed by atoms with E-state index < -0.39 is 0 Å². The van der Waals surface area contributed by atoms with Crippen molar-refractivity contribution < 1.29 is 0 Å². The van der Waals surface area contributed by atoms with Crippen LogP contribution >= 0.6 is 0 Å². The standard InChI is InChI=1S/C18H26N2/c1-20(14-15-7-3-2-4-8-15)12-6-11-19-18-13-16-9-5-10-17(16)18/h2-5,7-8,10,16-19H,6,9,11-14H2,1H3. The normalized spacial score (nSPS) is 27.6. The van der Waals surface area contributed by atoms with E-state index in [2.05, 4.69) is 59.7 Å². The van der Waals surface area contributed by atoms with Gasteiger partial charge in [0.1, 0.15) is 0 Å². The Morgan fingerprint density at radius 1 is 1.25 bits per heavy atom. The van der Waals surface area contributed by atoms with E-state index in [0.717, 1.165) is 31.0 Å². The molecule has 0 radical (unpaired) electrons. The monoisotopic (exact) mass is 270 g/mol. The van der Waals surface area contributed by atoms with Gasteiger partial charge >= 0.3 is 0 Å². The quantitative estimate of drug-likeness (QED) is 0.605. The molecule has 1 aromatic rings. The van der Waals surface area contributed by atoms with Crippen LogP contribution in [0.1, 0.15) is 24.8 Å². The molecule has 0 aromatic heterocycles. The lowest BCUT2D eigenvalue weighted by Crippen LogP contribution is -2.48. The lowest BCUT2D eigenvalue weighted by molar-refractivity contribution is 0.161. The first-order valence-corrected chi connectivity index (χ1v) is 7.95. The van der Waals surface area contributed by atoms with Gasteiger partial charge in [0.2, 0.25) is 0 Å². The van der Waals surface area contributed by atoms with Gasteiger partial charge in [0.25, 0.3) is 0 Å². The van der Waals surface area contributed by atoms with Crippen molar-refractivity contribution in [2.45, 2.75) is 31.8 Å². The fraction of sp³-hybridized carbons (Fsp3) is 0.556. The topological polar surface area (TPSA) is 15.3 Å². The number of allylic oxidation sites excluding steroid dienone is 1. The molecule has 0 aliphatic heterocycles. The fourth-order valence-electron chi connectivity index (χ4n) is 3.56. The van der Waals surface area contributed by atoms with Crippen molar-refractivity contribution in [2.24, 2.45) is 11.8 Å². The SMILES string of the molecule is CN(CCCNC1CC2CC=CC21)Cc1ccccc1. The summed E-state index contributed by atoms with van der Waals surface area (Å²) in [6.45, 7) is 3.37. The van der Waals surface area contributed by atoms with Crippen LogP contribution in [0.2, 0.25) is 0 Å². The van der Waals surface area contributed by atoms with Crippen LogP contribution in [0.3, 0.4) is 0 Å². The van der Waals surface area contributed by atoms with Crippen LogP contribution in [0.15, 0.2) is 42.5 Å². The van der Waals surface area contributed by atoms with E-state index in [1.807, 2.05) is 0 Å². The largest absolute Gasteiger partial charge is 0.313 e. The highest BCUT2D eigenvalue weighted by Crippen LogP contribution is 2.42. The molecule has 20 heavy (non-hydrogen) atoms. The van der Waals surface area contributed by atoms with Gasteiger partial charge in [0.15, 0.2) is 0 Å². The molecule has 3 atom stereocenters. The number of nitrogens with zero attached hydrogens (tertiary/aromatic N) is 1. The van der Waals surface area contributed by atoms with Crippen molar-refractivity contribution in [3.05, 3.63) is 48.0 Å². The van der Waals surface area contributed by atoms with Gasteiger partial charge in [0, 0.05) is 12.6 Å². The number of nitrogens with one attached hydrogen (secondary N) is 1. The Morgan fingerprint density at radius 3 is 2.90 bits per heavy atom. The van der Waals surface area contributed by atoms with Crippen molar-refractivity contribution in [3.63, 3.8) is 0 Å². The summed E-state index contributed by atoms with van der Waals surface area (Å²) < 4.78 is 0. The molecule has 3 rings (SSSR count). The van der Waals surface area contributed by atoms with Gasteiger partial charge < -0.3 is 10.2 Å². The zero-order valence-corrected chi connectivity index (χ0v) is 12.5. The molecule has 2 aliphatic rings. The van der Waals surface area contributed by atoms with E-state index in [-0.39, 0.29) is 0 Å². The average molecular weight is 270 g/mol. The summed E-state index contributed by atoms with van der Waals surface area (Å²) in [7, 11) is 2.21. The molecule has 2 aliphatic carbocycles. The van der Waals surface area contributed by atoms with Crippen molar-refractivity contribution in [2.75, 3.05) is 20.1 Å². The molecule has 1 fully saturated rings. The maximum atomic E-state index is 3.73. The zero-order chi connectivity index (χ0) is 13.8. The van der Waals surface area contributed by atoms with Gasteiger partial charge in [-0.1, -0.05) is 42.5 Å². The van der Waals surface area contributed by atoms with Crippen LogP contribution < -0.4 is 5.32 Å². The highest BCUT2D eigenvalue weighted by molar-refractivity contribution is 5.14. The van der Waals surface area contributed by atoms with E-state index in [9.17, 15) is 0 Å². The molecule has 1 N–H and O–H groups in total. The van der Waals surface area contributed by atoms with Gasteiger partial charge in [-0.3, -0.25) is 0 Å². The third-order valence-corrected chi connectivity index (χ3v) is 4.78. The molecule has 2 nitrogen and oxygen atoms in total. The Morgan fingerprint density at radius 2 is 2.10 bits per heavy atom. The second-order valence-corrected chi connectivity index (χ2v) is 6.37. The van der Waals surface area contributed by atoms with E-state index >= 15 is 0 Å². The molecule has 2 heteroatoms. The van der Waals surface area contributed by atoms with Gasteiger partial charge in [-0.2, -0.15) is 0 Å². The first-order chi connectivity index (χ1) is 9.83. The van der Waals surface area contributed by atoms with Crippen molar-refractivity contribution >= 4 is 0 Å². The summed E-state index contributed by atoms with van der Waals surface area (Å²) in [5, 5.41) is 3.73. The zero-order valence-electron chi connectivity index (χ0n) is 12.5. The van der Waals surface area contributed by atoms with Crippen molar-refractivity contribution in [1.29, 1.82) is 0 Å². The minimum atomic E-state index is 0.762. The second-order valence-electron chi connectivity index (χ2n) is 6.37. The lowest BCUT2D eigenvalue weighted by atomic mass is 9.71. The van der Waals surface area contributed by atoms with Crippen LogP contribution in [-0.2, 0) is 6.54 Å². The maximum Gasteiger partial charge on any atom is 0.0230 e. The van der Waals surface area contributed by atoms with Crippen molar-refractivity contribution in [3.8, 4) is 0 Å². The lowest BCUT2D eigenvalue weighted by Gasteiger charge is -2.41. The number of fused-ring (bicyclic) bond motifs is 1. The first kappa shape index (κ1) is 13.8. The molecule has 0 amide bonds. The summed E-state index contributed by atoms with van der Waals surface area (Å²) in [6, 6.07) is 11.5. The van der Waals surface area contributed by atoms with Gasteiger partial charge in [0.05, 0.1) is 0 Å². The molecule has 1 aromatic carbocycles. The average Bonchev–Trinajstić information content (AvgIpc) is 2.81. The number of benzene rings is 1. The van der Waals surface area contributed by atoms with Crippen molar-refractivity contribution in [1.82, 2.24) is 10.2 Å². The summed E-state index contributed by atoms with van der Waals surface area (Å²) in [5.74, 6) is 1.81. The molecule has 1 saturated carbocycles. The number of hydrogen-bond acceptors (Lipinski definition) is 2. The molecule has 0 saturated heterocycles. The van der Waals surface area contributed by atoms with E-state index in [4.69, 9.17) is 0 Å². The highest BCUT2D eigenvalue weighted by Gasteiger charge is 2.40. The predicted octanol–water partition coefficient (Wildman–Crippen LogP) is 3.06. The molecule has 0 bridgehead atoms. The summed E-state index contributed by atoms with van der Waals surface area (Å²) in [4.78, 5) is 2.41. The minimum Gasteiger partial charge on any atom is -0.313 e. The molecule has 108 valence electrons. The third-order valence-electron chi connectivity index (χ3n) is 4.78. The molecular weight excluding hydrogens is 244 g/mol. The Bertz CT molecular complexity index is 440. The molecular formula is C18H26N2. The van der Waals surface area contributed by atoms with E-state index in [0.29, 0.717) is 0 Å². The summed E-state index contributed by atoms with van der Waals surface area (Å²) >= 11 is 0. The van der Waals surface area contributed by atoms with Crippen LogP contribution in [0, 0.1) is 11.8 Å². The third kappa shape index (κ3) is 3.31. The summed E-state index contributed by atoms with van der Waals surface area (Å²) in [5.41, 5.74) is 1.40. The predicted molar refractivity (Wildman–Crippen MR) is 84.5 cm³/mol.